The highest BCUT2D eigenvalue weighted by molar-refractivity contribution is 9.09. The van der Waals surface area contributed by atoms with E-state index in [1.165, 1.54) is 21.5 Å². The van der Waals surface area contributed by atoms with E-state index in [2.05, 4.69) is 107 Å². The summed E-state index contributed by atoms with van der Waals surface area (Å²) in [6, 6.07) is 19.6. The highest BCUT2D eigenvalue weighted by atomic mass is 79.9. The van der Waals surface area contributed by atoms with E-state index in [1.807, 2.05) is 6.26 Å². The van der Waals surface area contributed by atoms with Crippen molar-refractivity contribution in [1.82, 2.24) is 0 Å². The summed E-state index contributed by atoms with van der Waals surface area (Å²) < 4.78 is 6.46. The summed E-state index contributed by atoms with van der Waals surface area (Å²) in [5.74, 6) is 0. The second-order valence-electron chi connectivity index (χ2n) is 7.65. The van der Waals surface area contributed by atoms with Gasteiger partial charge in [0.05, 0.1) is 6.26 Å². The third-order valence-corrected chi connectivity index (χ3v) is 7.47. The van der Waals surface area contributed by atoms with Crippen LogP contribution in [0.25, 0.3) is 0 Å². The van der Waals surface area contributed by atoms with Gasteiger partial charge < -0.3 is 4.43 Å². The van der Waals surface area contributed by atoms with Crippen LogP contribution in [0.1, 0.15) is 45.6 Å². The van der Waals surface area contributed by atoms with Gasteiger partial charge in [0.2, 0.25) is 0 Å². The fourth-order valence-electron chi connectivity index (χ4n) is 2.81. The molecule has 0 fully saturated rings. The molecular weight excluding hydrogens is 480 g/mol. The third-order valence-electron chi connectivity index (χ3n) is 4.44. The molecule has 0 aliphatic rings. The fraction of sp³-hybridized carbons (Fsp3) is 0.391. The highest BCUT2D eigenvalue weighted by Gasteiger charge is 2.21. The van der Waals surface area contributed by atoms with Crippen LogP contribution in [0.15, 0.2) is 66.4 Å². The first-order valence-corrected chi connectivity index (χ1v) is 13.1. The zero-order valence-electron chi connectivity index (χ0n) is 16.5. The minimum Gasteiger partial charge on any atom is -0.538 e. The molecule has 0 spiro atoms. The van der Waals surface area contributed by atoms with Crippen LogP contribution >= 0.6 is 31.9 Å². The number of allylic oxidation sites excluding steroid dienone is 1. The van der Waals surface area contributed by atoms with Gasteiger partial charge in [0.25, 0.3) is 0 Å². The highest BCUT2D eigenvalue weighted by Crippen LogP contribution is 2.21. The molecule has 145 valence electrons. The van der Waals surface area contributed by atoms with Crippen molar-refractivity contribution in [2.75, 3.05) is 10.7 Å². The molecule has 0 amide bonds. The summed E-state index contributed by atoms with van der Waals surface area (Å²) in [6.07, 6.45) is 5.27. The quantitative estimate of drug-likeness (QED) is 0.231. The molecule has 2 aromatic rings. The van der Waals surface area contributed by atoms with E-state index in [1.54, 1.807) is 0 Å². The van der Waals surface area contributed by atoms with Crippen LogP contribution in [0, 0.1) is 0 Å². The maximum atomic E-state index is 6.46. The summed E-state index contributed by atoms with van der Waals surface area (Å²) in [4.78, 5) is 0. The zero-order valence-corrected chi connectivity index (χ0v) is 20.6. The molecule has 0 aliphatic carbocycles. The Morgan fingerprint density at radius 3 is 2.07 bits per heavy atom. The number of benzene rings is 2. The monoisotopic (exact) mass is 507 g/mol. The maximum Gasteiger partial charge on any atom is 0.352 e. The van der Waals surface area contributed by atoms with Crippen molar-refractivity contribution in [3.63, 3.8) is 0 Å². The molecule has 0 saturated heterocycles. The van der Waals surface area contributed by atoms with E-state index in [9.17, 15) is 0 Å². The summed E-state index contributed by atoms with van der Waals surface area (Å²) in [5, 5.41) is 4.56. The van der Waals surface area contributed by atoms with Crippen LogP contribution in [0.4, 0.5) is 0 Å². The topological polar surface area (TPSA) is 9.23 Å². The first kappa shape index (κ1) is 22.4. The van der Waals surface area contributed by atoms with Gasteiger partial charge in [-0.2, -0.15) is 0 Å². The van der Waals surface area contributed by atoms with E-state index < -0.39 is 9.04 Å². The molecule has 1 radical (unpaired) electrons. The molecule has 2 aromatic carbocycles. The Kier molecular flexibility index (Phi) is 9.34. The number of hydrogen-bond acceptors (Lipinski definition) is 1. The Labute approximate surface area is 183 Å². The van der Waals surface area contributed by atoms with Crippen LogP contribution in [-0.4, -0.2) is 19.7 Å². The van der Waals surface area contributed by atoms with Gasteiger partial charge in [0, 0.05) is 10.7 Å². The summed E-state index contributed by atoms with van der Waals surface area (Å²) >= 11 is 7.10. The van der Waals surface area contributed by atoms with Gasteiger partial charge in [0.1, 0.15) is 0 Å². The predicted molar refractivity (Wildman–Crippen MR) is 127 cm³/mol. The molecule has 0 N–H and O–H groups in total. The van der Waals surface area contributed by atoms with Gasteiger partial charge in [-0.3, -0.25) is 0 Å². The molecule has 0 aliphatic heterocycles. The number of alkyl halides is 2. The molecule has 0 unspecified atom stereocenters. The molecule has 2 rings (SSSR count). The Morgan fingerprint density at radius 1 is 0.889 bits per heavy atom. The predicted octanol–water partition coefficient (Wildman–Crippen LogP) is 5.95. The smallest absolute Gasteiger partial charge is 0.352 e. The lowest BCUT2D eigenvalue weighted by Gasteiger charge is -2.21. The minimum absolute atomic E-state index is 0.164. The van der Waals surface area contributed by atoms with Crippen molar-refractivity contribution in [2.45, 2.75) is 45.4 Å². The van der Waals surface area contributed by atoms with Crippen molar-refractivity contribution >= 4 is 51.3 Å². The van der Waals surface area contributed by atoms with Crippen LogP contribution in [-0.2, 0) is 9.84 Å². The van der Waals surface area contributed by atoms with Gasteiger partial charge in [-0.05, 0) is 46.2 Å². The molecular formula is C23H29Br2OSi. The second kappa shape index (κ2) is 11.2. The lowest BCUT2D eigenvalue weighted by Crippen LogP contribution is -2.44. The van der Waals surface area contributed by atoms with E-state index in [-0.39, 0.29) is 5.41 Å². The first-order chi connectivity index (χ1) is 13.0. The van der Waals surface area contributed by atoms with Gasteiger partial charge >= 0.3 is 9.04 Å². The molecule has 4 heteroatoms. The molecule has 0 heterocycles. The molecule has 27 heavy (non-hydrogen) atoms. The SMILES string of the molecule is CC(C)(C)c1ccc([Si](O/C=C(\CCBr)CCCBr)c2ccccc2)cc1. The molecule has 0 aromatic heterocycles. The van der Waals surface area contributed by atoms with Crippen molar-refractivity contribution in [2.24, 2.45) is 0 Å². The average Bonchev–Trinajstić information content (AvgIpc) is 2.66. The number of halogens is 2. The summed E-state index contributed by atoms with van der Waals surface area (Å²) in [7, 11) is -1.30. The third kappa shape index (κ3) is 7.24. The van der Waals surface area contributed by atoms with Crippen molar-refractivity contribution in [3.05, 3.63) is 72.0 Å². The fourth-order valence-corrected chi connectivity index (χ4v) is 5.46. The minimum atomic E-state index is -1.30. The molecule has 1 nitrogen and oxygen atoms in total. The van der Waals surface area contributed by atoms with E-state index in [0.29, 0.717) is 0 Å². The van der Waals surface area contributed by atoms with Gasteiger partial charge in [-0.15, -0.1) is 0 Å². The van der Waals surface area contributed by atoms with Crippen LogP contribution in [0.2, 0.25) is 0 Å². The Bertz CT molecular complexity index is 705. The first-order valence-electron chi connectivity index (χ1n) is 9.45. The lowest BCUT2D eigenvalue weighted by atomic mass is 9.87. The van der Waals surface area contributed by atoms with E-state index in [4.69, 9.17) is 4.43 Å². The van der Waals surface area contributed by atoms with Gasteiger partial charge in [-0.25, -0.2) is 0 Å². The number of hydrogen-bond donors (Lipinski definition) is 0. The van der Waals surface area contributed by atoms with Crippen LogP contribution in [0.5, 0.6) is 0 Å². The standard InChI is InChI=1S/C23H29Br2OSi/c1-23(2,3)20-11-13-22(14-12-20)27(21-9-5-4-6-10-21)26-18-19(15-17-25)8-7-16-24/h4-6,9-14,18H,7-8,15-17H2,1-3H3/b19-18-. The average molecular weight is 509 g/mol. The Hall–Kier alpha value is -0.843. The van der Waals surface area contributed by atoms with Crippen LogP contribution in [0.3, 0.4) is 0 Å². The second-order valence-corrected chi connectivity index (χ2v) is 11.3. The van der Waals surface area contributed by atoms with Gasteiger partial charge in [0.15, 0.2) is 0 Å². The largest absolute Gasteiger partial charge is 0.538 e. The van der Waals surface area contributed by atoms with Crippen molar-refractivity contribution < 1.29 is 4.43 Å². The summed E-state index contributed by atoms with van der Waals surface area (Å²) in [6.45, 7) is 6.75. The Balaban J connectivity index is 2.29. The van der Waals surface area contributed by atoms with Crippen molar-refractivity contribution in [1.29, 1.82) is 0 Å². The normalized spacial score (nSPS) is 12.4. The molecule has 0 bridgehead atoms. The Morgan fingerprint density at radius 2 is 1.52 bits per heavy atom. The lowest BCUT2D eigenvalue weighted by molar-refractivity contribution is 0.498. The maximum absolute atomic E-state index is 6.46. The van der Waals surface area contributed by atoms with Gasteiger partial charge in [-0.1, -0.05) is 107 Å². The number of rotatable bonds is 9. The molecule has 0 atom stereocenters. The molecule has 0 saturated carbocycles. The van der Waals surface area contributed by atoms with E-state index >= 15 is 0 Å². The zero-order chi connectivity index (χ0) is 19.7. The summed E-state index contributed by atoms with van der Waals surface area (Å²) in [5.41, 5.74) is 2.89. The van der Waals surface area contributed by atoms with Crippen molar-refractivity contribution in [3.8, 4) is 0 Å². The van der Waals surface area contributed by atoms with E-state index in [0.717, 1.165) is 29.9 Å². The van der Waals surface area contributed by atoms with Crippen LogP contribution < -0.4 is 10.4 Å².